The summed E-state index contributed by atoms with van der Waals surface area (Å²) in [4.78, 5) is 7.21. The lowest BCUT2D eigenvalue weighted by Gasteiger charge is -2.36. The lowest BCUT2D eigenvalue weighted by Crippen LogP contribution is -2.49. The van der Waals surface area contributed by atoms with E-state index >= 15 is 0 Å². The number of para-hydroxylation sites is 1. The number of thiazole rings is 1. The molecule has 1 fully saturated rings. The molecule has 0 aliphatic carbocycles. The van der Waals surface area contributed by atoms with Crippen molar-refractivity contribution in [1.29, 1.82) is 0 Å². The van der Waals surface area contributed by atoms with Crippen molar-refractivity contribution in [2.24, 2.45) is 0 Å². The van der Waals surface area contributed by atoms with Crippen molar-refractivity contribution in [2.45, 2.75) is 17.9 Å². The van der Waals surface area contributed by atoms with Gasteiger partial charge in [0.25, 0.3) is 0 Å². The molecule has 2 aromatic carbocycles. The first kappa shape index (κ1) is 18.8. The van der Waals surface area contributed by atoms with E-state index in [1.54, 1.807) is 35.6 Å². The van der Waals surface area contributed by atoms with E-state index < -0.39 is 10.0 Å². The van der Waals surface area contributed by atoms with Crippen LogP contribution in [0.5, 0.6) is 0 Å². The van der Waals surface area contributed by atoms with Crippen LogP contribution in [-0.2, 0) is 10.0 Å². The molecule has 5 nitrogen and oxygen atoms in total. The Balaban J connectivity index is 1.47. The highest BCUT2D eigenvalue weighted by atomic mass is 35.5. The van der Waals surface area contributed by atoms with Gasteiger partial charge in [0, 0.05) is 26.2 Å². The molecule has 1 aliphatic rings. The molecule has 3 aromatic rings. The molecule has 0 bridgehead atoms. The molecule has 4 rings (SSSR count). The lowest BCUT2D eigenvalue weighted by atomic mass is 10.2. The third-order valence-electron chi connectivity index (χ3n) is 4.94. The molecule has 1 aliphatic heterocycles. The maximum atomic E-state index is 12.9. The van der Waals surface area contributed by atoms with E-state index in [4.69, 9.17) is 16.6 Å². The molecule has 1 unspecified atom stereocenters. The minimum absolute atomic E-state index is 0.160. The zero-order valence-electron chi connectivity index (χ0n) is 14.9. The van der Waals surface area contributed by atoms with Gasteiger partial charge < -0.3 is 0 Å². The Hall–Kier alpha value is -1.51. The van der Waals surface area contributed by atoms with Crippen LogP contribution in [0.3, 0.4) is 0 Å². The summed E-state index contributed by atoms with van der Waals surface area (Å²) in [6, 6.07) is 14.9. The second-order valence-corrected chi connectivity index (χ2v) is 9.94. The van der Waals surface area contributed by atoms with Crippen LogP contribution in [0.1, 0.15) is 18.0 Å². The quantitative estimate of drug-likeness (QED) is 0.638. The Kier molecular flexibility index (Phi) is 5.22. The van der Waals surface area contributed by atoms with Crippen LogP contribution in [0.25, 0.3) is 10.2 Å². The molecular weight excluding hydrogens is 402 g/mol. The van der Waals surface area contributed by atoms with Gasteiger partial charge in [-0.2, -0.15) is 4.31 Å². The smallest absolute Gasteiger partial charge is 0.244 e. The minimum atomic E-state index is -3.57. The van der Waals surface area contributed by atoms with E-state index in [2.05, 4.69) is 17.9 Å². The summed E-state index contributed by atoms with van der Waals surface area (Å²) in [6.07, 6.45) is 0. The maximum absolute atomic E-state index is 12.9. The van der Waals surface area contributed by atoms with Gasteiger partial charge in [0.1, 0.15) is 9.90 Å². The summed E-state index contributed by atoms with van der Waals surface area (Å²) >= 11 is 7.80. The van der Waals surface area contributed by atoms with Crippen LogP contribution in [0.15, 0.2) is 53.4 Å². The van der Waals surface area contributed by atoms with Crippen molar-refractivity contribution < 1.29 is 8.42 Å². The largest absolute Gasteiger partial charge is 0.292 e. The number of nitrogens with zero attached hydrogens (tertiary/aromatic N) is 3. The third-order valence-corrected chi connectivity index (χ3v) is 8.55. The highest BCUT2D eigenvalue weighted by molar-refractivity contribution is 7.89. The lowest BCUT2D eigenvalue weighted by molar-refractivity contribution is 0.146. The van der Waals surface area contributed by atoms with Gasteiger partial charge in [0.2, 0.25) is 10.0 Å². The van der Waals surface area contributed by atoms with Crippen molar-refractivity contribution in [3.63, 3.8) is 0 Å². The van der Waals surface area contributed by atoms with Crippen molar-refractivity contribution in [2.75, 3.05) is 26.2 Å². The number of aromatic nitrogens is 1. The van der Waals surface area contributed by atoms with Gasteiger partial charge in [-0.3, -0.25) is 4.90 Å². The monoisotopic (exact) mass is 421 g/mol. The van der Waals surface area contributed by atoms with Crippen LogP contribution >= 0.6 is 22.9 Å². The van der Waals surface area contributed by atoms with E-state index in [-0.39, 0.29) is 16.0 Å². The van der Waals surface area contributed by atoms with Crippen LogP contribution in [0.4, 0.5) is 0 Å². The number of rotatable bonds is 4. The van der Waals surface area contributed by atoms with Crippen molar-refractivity contribution >= 4 is 43.2 Å². The fourth-order valence-electron chi connectivity index (χ4n) is 3.35. The zero-order valence-corrected chi connectivity index (χ0v) is 17.3. The molecule has 0 spiro atoms. The second kappa shape index (κ2) is 7.48. The Morgan fingerprint density at radius 2 is 1.70 bits per heavy atom. The predicted molar refractivity (Wildman–Crippen MR) is 110 cm³/mol. The average Bonchev–Trinajstić information content (AvgIpc) is 3.12. The van der Waals surface area contributed by atoms with Crippen molar-refractivity contribution in [3.05, 3.63) is 58.6 Å². The topological polar surface area (TPSA) is 53.5 Å². The number of halogens is 1. The van der Waals surface area contributed by atoms with Gasteiger partial charge in [-0.15, -0.1) is 11.3 Å². The standard InChI is InChI=1S/C19H20ClN3O2S2/c1-14(19-21-16-7-3-4-8-17(16)26-19)22-10-12-23(13-11-22)27(24,25)18-9-5-2-6-15(18)20/h2-9,14H,10-13H2,1H3. The number of fused-ring (bicyclic) bond motifs is 1. The number of hydrogen-bond donors (Lipinski definition) is 0. The fourth-order valence-corrected chi connectivity index (χ4v) is 6.32. The normalized spacial score (nSPS) is 18.0. The van der Waals surface area contributed by atoms with Crippen LogP contribution in [0.2, 0.25) is 5.02 Å². The average molecular weight is 422 g/mol. The fraction of sp³-hybridized carbons (Fsp3) is 0.316. The van der Waals surface area contributed by atoms with Gasteiger partial charge in [0.15, 0.2) is 0 Å². The second-order valence-electron chi connectivity index (χ2n) is 6.57. The number of hydrogen-bond acceptors (Lipinski definition) is 5. The summed E-state index contributed by atoms with van der Waals surface area (Å²) in [7, 11) is -3.57. The summed E-state index contributed by atoms with van der Waals surface area (Å²) in [5.41, 5.74) is 1.02. The van der Waals surface area contributed by atoms with Gasteiger partial charge in [-0.25, -0.2) is 13.4 Å². The van der Waals surface area contributed by atoms with E-state index in [1.807, 2.05) is 18.2 Å². The highest BCUT2D eigenvalue weighted by Crippen LogP contribution is 2.31. The van der Waals surface area contributed by atoms with Gasteiger partial charge in [-0.1, -0.05) is 35.9 Å². The van der Waals surface area contributed by atoms with E-state index in [0.29, 0.717) is 26.2 Å². The molecule has 0 radical (unpaired) electrons. The van der Waals surface area contributed by atoms with Gasteiger partial charge in [0.05, 0.1) is 21.3 Å². The molecule has 8 heteroatoms. The van der Waals surface area contributed by atoms with Gasteiger partial charge in [-0.05, 0) is 31.2 Å². The summed E-state index contributed by atoms with van der Waals surface area (Å²) < 4.78 is 28.5. The molecule has 27 heavy (non-hydrogen) atoms. The Bertz CT molecular complexity index is 1030. The third kappa shape index (κ3) is 3.62. The summed E-state index contributed by atoms with van der Waals surface area (Å²) in [5.74, 6) is 0. The van der Waals surface area contributed by atoms with Crippen LogP contribution in [0, 0.1) is 0 Å². The Morgan fingerprint density at radius 3 is 2.41 bits per heavy atom. The number of sulfonamides is 1. The van der Waals surface area contributed by atoms with E-state index in [0.717, 1.165) is 10.5 Å². The number of benzene rings is 2. The molecule has 142 valence electrons. The first-order valence-corrected chi connectivity index (χ1v) is 11.4. The zero-order chi connectivity index (χ0) is 19.0. The molecule has 0 saturated carbocycles. The molecule has 0 N–H and O–H groups in total. The Labute approximate surface area is 168 Å². The SMILES string of the molecule is CC(c1nc2ccccc2s1)N1CCN(S(=O)(=O)c2ccccc2Cl)CC1. The maximum Gasteiger partial charge on any atom is 0.244 e. The summed E-state index contributed by atoms with van der Waals surface area (Å²) in [5, 5.41) is 1.33. The van der Waals surface area contributed by atoms with E-state index in [1.165, 1.54) is 9.01 Å². The molecule has 2 heterocycles. The summed E-state index contributed by atoms with van der Waals surface area (Å²) in [6.45, 7) is 4.36. The highest BCUT2D eigenvalue weighted by Gasteiger charge is 2.32. The van der Waals surface area contributed by atoms with Crippen molar-refractivity contribution in [3.8, 4) is 0 Å². The predicted octanol–water partition coefficient (Wildman–Crippen LogP) is 4.02. The van der Waals surface area contributed by atoms with Gasteiger partial charge >= 0.3 is 0 Å². The molecule has 1 atom stereocenters. The van der Waals surface area contributed by atoms with E-state index in [9.17, 15) is 8.42 Å². The molecule has 0 amide bonds. The molecule has 1 saturated heterocycles. The minimum Gasteiger partial charge on any atom is -0.292 e. The van der Waals surface area contributed by atoms with Crippen LogP contribution < -0.4 is 0 Å². The number of piperazine rings is 1. The van der Waals surface area contributed by atoms with Crippen molar-refractivity contribution in [1.82, 2.24) is 14.2 Å². The molecular formula is C19H20ClN3O2S2. The Morgan fingerprint density at radius 1 is 1.04 bits per heavy atom. The molecule has 1 aromatic heterocycles. The first-order chi connectivity index (χ1) is 13.0. The first-order valence-electron chi connectivity index (χ1n) is 8.81. The van der Waals surface area contributed by atoms with Crippen LogP contribution in [-0.4, -0.2) is 48.8 Å².